The Morgan fingerprint density at radius 3 is 2.94 bits per heavy atom. The fourth-order valence-electron chi connectivity index (χ4n) is 1.75. The molecule has 0 amide bonds. The van der Waals surface area contributed by atoms with E-state index in [-0.39, 0.29) is 5.97 Å². The number of nitrogens with zero attached hydrogens (tertiary/aromatic N) is 1. The zero-order valence-corrected chi connectivity index (χ0v) is 11.1. The van der Waals surface area contributed by atoms with E-state index < -0.39 is 0 Å². The Hall–Kier alpha value is -1.10. The Morgan fingerprint density at radius 2 is 2.35 bits per heavy atom. The van der Waals surface area contributed by atoms with Gasteiger partial charge in [0.05, 0.1) is 6.61 Å². The van der Waals surface area contributed by atoms with Crippen LogP contribution in [0.15, 0.2) is 5.38 Å². The van der Waals surface area contributed by atoms with Crippen LogP contribution in [0.1, 0.15) is 43.6 Å². The van der Waals surface area contributed by atoms with Crippen LogP contribution in [0.4, 0.5) is 5.13 Å². The molecule has 0 spiro atoms. The second-order valence-electron chi connectivity index (χ2n) is 4.47. The lowest BCUT2D eigenvalue weighted by atomic mass is 10.0. The van der Waals surface area contributed by atoms with Crippen LogP contribution in [-0.2, 0) is 4.74 Å². The molecule has 0 atom stereocenters. The molecule has 0 aliphatic heterocycles. The molecule has 1 heterocycles. The largest absolute Gasteiger partial charge is 0.461 e. The summed E-state index contributed by atoms with van der Waals surface area (Å²) in [5.74, 6) is -0.339. The Labute approximate surface area is 105 Å². The van der Waals surface area contributed by atoms with Crippen LogP contribution in [0.25, 0.3) is 0 Å². The van der Waals surface area contributed by atoms with Crippen molar-refractivity contribution in [3.63, 3.8) is 0 Å². The van der Waals surface area contributed by atoms with Crippen molar-refractivity contribution in [1.29, 1.82) is 0 Å². The quantitative estimate of drug-likeness (QED) is 0.793. The van der Waals surface area contributed by atoms with Gasteiger partial charge in [0.1, 0.15) is 0 Å². The van der Waals surface area contributed by atoms with E-state index in [1.54, 1.807) is 12.3 Å². The average Bonchev–Trinajstić information content (AvgIpc) is 2.96. The third-order valence-electron chi connectivity index (χ3n) is 3.31. The first-order valence-corrected chi connectivity index (χ1v) is 6.93. The summed E-state index contributed by atoms with van der Waals surface area (Å²) in [6, 6.07) is 0. The van der Waals surface area contributed by atoms with Gasteiger partial charge in [0, 0.05) is 11.9 Å². The molecule has 17 heavy (non-hydrogen) atoms. The van der Waals surface area contributed by atoms with Gasteiger partial charge in [-0.05, 0) is 31.6 Å². The summed E-state index contributed by atoms with van der Waals surface area (Å²) in [5.41, 5.74) is 0.885. The zero-order valence-electron chi connectivity index (χ0n) is 10.3. The summed E-state index contributed by atoms with van der Waals surface area (Å²) in [6.07, 6.45) is 3.80. The van der Waals surface area contributed by atoms with Crippen LogP contribution < -0.4 is 5.32 Å². The molecule has 0 unspecified atom stereocenters. The second-order valence-corrected chi connectivity index (χ2v) is 5.32. The third kappa shape index (κ3) is 2.97. The average molecular weight is 254 g/mol. The van der Waals surface area contributed by atoms with E-state index in [2.05, 4.69) is 17.2 Å². The van der Waals surface area contributed by atoms with Gasteiger partial charge in [0.2, 0.25) is 0 Å². The number of thiazole rings is 1. The Morgan fingerprint density at radius 1 is 1.59 bits per heavy atom. The number of carbonyl (C=O) groups is 1. The molecule has 94 valence electrons. The first-order valence-electron chi connectivity index (χ1n) is 6.05. The fourth-order valence-corrected chi connectivity index (χ4v) is 2.43. The smallest absolute Gasteiger partial charge is 0.357 e. The minimum absolute atomic E-state index is 0.339. The number of rotatable bonds is 6. The minimum Gasteiger partial charge on any atom is -0.461 e. The van der Waals surface area contributed by atoms with Crippen molar-refractivity contribution in [3.8, 4) is 0 Å². The lowest BCUT2D eigenvalue weighted by Crippen LogP contribution is -2.14. The maximum Gasteiger partial charge on any atom is 0.357 e. The highest BCUT2D eigenvalue weighted by molar-refractivity contribution is 7.13. The number of aromatic nitrogens is 1. The van der Waals surface area contributed by atoms with Gasteiger partial charge in [0.25, 0.3) is 0 Å². The van der Waals surface area contributed by atoms with Gasteiger partial charge in [-0.3, -0.25) is 0 Å². The van der Waals surface area contributed by atoms with E-state index in [0.29, 0.717) is 17.7 Å². The van der Waals surface area contributed by atoms with Crippen molar-refractivity contribution in [2.45, 2.75) is 33.1 Å². The standard InChI is InChI=1S/C12H18N2O2S/c1-3-12(5-6-12)8-13-11-14-9(7-17-11)10(15)16-4-2/h7H,3-6,8H2,1-2H3,(H,13,14). The summed E-state index contributed by atoms with van der Waals surface area (Å²) < 4.78 is 4.90. The number of carbonyl (C=O) groups excluding carboxylic acids is 1. The van der Waals surface area contributed by atoms with Gasteiger partial charge in [-0.1, -0.05) is 6.92 Å². The highest BCUT2D eigenvalue weighted by Gasteiger charge is 2.40. The summed E-state index contributed by atoms with van der Waals surface area (Å²) >= 11 is 1.46. The molecule has 0 aromatic carbocycles. The minimum atomic E-state index is -0.339. The van der Waals surface area contributed by atoms with Crippen LogP contribution in [0, 0.1) is 5.41 Å². The number of nitrogens with one attached hydrogen (secondary N) is 1. The zero-order chi connectivity index (χ0) is 12.3. The SMILES string of the molecule is CCOC(=O)c1csc(NCC2(CC)CC2)n1. The van der Waals surface area contributed by atoms with Crippen molar-refractivity contribution in [2.24, 2.45) is 5.41 Å². The van der Waals surface area contributed by atoms with Gasteiger partial charge in [-0.15, -0.1) is 11.3 Å². The monoisotopic (exact) mass is 254 g/mol. The Balaban J connectivity index is 1.88. The predicted octanol–water partition coefficient (Wildman–Crippen LogP) is 2.92. The van der Waals surface area contributed by atoms with Gasteiger partial charge in [0.15, 0.2) is 10.8 Å². The van der Waals surface area contributed by atoms with E-state index in [0.717, 1.165) is 11.7 Å². The molecular formula is C12H18N2O2S. The van der Waals surface area contributed by atoms with Gasteiger partial charge in [-0.2, -0.15) is 0 Å². The van der Waals surface area contributed by atoms with Crippen molar-refractivity contribution in [1.82, 2.24) is 4.98 Å². The second kappa shape index (κ2) is 5.04. The summed E-state index contributed by atoms with van der Waals surface area (Å²) in [4.78, 5) is 15.6. The molecule has 0 radical (unpaired) electrons. The molecule has 1 aliphatic carbocycles. The number of esters is 1. The van der Waals surface area contributed by atoms with Crippen molar-refractivity contribution in [3.05, 3.63) is 11.1 Å². The molecule has 0 saturated heterocycles. The summed E-state index contributed by atoms with van der Waals surface area (Å²) in [5, 5.41) is 5.87. The lowest BCUT2D eigenvalue weighted by Gasteiger charge is -2.11. The first kappa shape index (κ1) is 12.4. The van der Waals surface area contributed by atoms with Crippen LogP contribution in [0.2, 0.25) is 0 Å². The number of hydrogen-bond acceptors (Lipinski definition) is 5. The third-order valence-corrected chi connectivity index (χ3v) is 4.11. The van der Waals surface area contributed by atoms with Crippen molar-refractivity contribution in [2.75, 3.05) is 18.5 Å². The van der Waals surface area contributed by atoms with Crippen LogP contribution in [0.3, 0.4) is 0 Å². The Bertz CT molecular complexity index is 399. The lowest BCUT2D eigenvalue weighted by molar-refractivity contribution is 0.0520. The van der Waals surface area contributed by atoms with Gasteiger partial charge < -0.3 is 10.1 Å². The van der Waals surface area contributed by atoms with E-state index in [4.69, 9.17) is 4.74 Å². The predicted molar refractivity (Wildman–Crippen MR) is 68.5 cm³/mol. The van der Waals surface area contributed by atoms with E-state index in [9.17, 15) is 4.79 Å². The highest BCUT2D eigenvalue weighted by atomic mass is 32.1. The molecule has 0 bridgehead atoms. The molecule has 1 saturated carbocycles. The molecule has 1 fully saturated rings. The number of ether oxygens (including phenoxy) is 1. The van der Waals surface area contributed by atoms with Crippen LogP contribution in [0.5, 0.6) is 0 Å². The van der Waals surface area contributed by atoms with Gasteiger partial charge in [-0.25, -0.2) is 9.78 Å². The van der Waals surface area contributed by atoms with E-state index in [1.165, 1.54) is 30.6 Å². The van der Waals surface area contributed by atoms with Crippen LogP contribution in [-0.4, -0.2) is 24.1 Å². The molecule has 1 aromatic heterocycles. The fraction of sp³-hybridized carbons (Fsp3) is 0.667. The maximum absolute atomic E-state index is 11.4. The highest BCUT2D eigenvalue weighted by Crippen LogP contribution is 2.48. The Kier molecular flexibility index (Phi) is 3.66. The molecule has 1 aliphatic rings. The van der Waals surface area contributed by atoms with Gasteiger partial charge >= 0.3 is 5.97 Å². The van der Waals surface area contributed by atoms with E-state index in [1.807, 2.05) is 0 Å². The first-order chi connectivity index (χ1) is 8.19. The molecule has 1 aromatic rings. The number of hydrogen-bond donors (Lipinski definition) is 1. The normalized spacial score (nSPS) is 16.6. The van der Waals surface area contributed by atoms with Crippen molar-refractivity contribution < 1.29 is 9.53 Å². The molecule has 5 heteroatoms. The summed E-state index contributed by atoms with van der Waals surface area (Å²) in [7, 11) is 0. The topological polar surface area (TPSA) is 51.2 Å². The summed E-state index contributed by atoms with van der Waals surface area (Å²) in [6.45, 7) is 5.36. The number of anilines is 1. The maximum atomic E-state index is 11.4. The van der Waals surface area contributed by atoms with E-state index >= 15 is 0 Å². The molecule has 2 rings (SSSR count). The molecule has 1 N–H and O–H groups in total. The molecular weight excluding hydrogens is 236 g/mol. The molecule has 4 nitrogen and oxygen atoms in total. The van der Waals surface area contributed by atoms with Crippen molar-refractivity contribution >= 4 is 22.4 Å². The van der Waals surface area contributed by atoms with Crippen LogP contribution >= 0.6 is 11.3 Å².